The summed E-state index contributed by atoms with van der Waals surface area (Å²) in [6.45, 7) is 4.69. The van der Waals surface area contributed by atoms with Gasteiger partial charge in [-0.05, 0) is 72.4 Å². The van der Waals surface area contributed by atoms with E-state index in [4.69, 9.17) is 23.9 Å². The Morgan fingerprint density at radius 1 is 0.652 bits per heavy atom. The summed E-state index contributed by atoms with van der Waals surface area (Å²) in [6.07, 6.45) is 9.92. The molecule has 3 aromatic carbocycles. The number of pyridine rings is 1. The van der Waals surface area contributed by atoms with Gasteiger partial charge in [0.1, 0.15) is 13.2 Å². The van der Waals surface area contributed by atoms with Gasteiger partial charge in [0, 0.05) is 43.2 Å². The van der Waals surface area contributed by atoms with Crippen molar-refractivity contribution in [3.63, 3.8) is 0 Å². The van der Waals surface area contributed by atoms with Gasteiger partial charge in [-0.3, -0.25) is 0 Å². The van der Waals surface area contributed by atoms with Gasteiger partial charge in [0.25, 0.3) is 0 Å². The lowest BCUT2D eigenvalue weighted by atomic mass is 9.80. The second kappa shape index (κ2) is 14.7. The summed E-state index contributed by atoms with van der Waals surface area (Å²) in [5, 5.41) is 0. The van der Waals surface area contributed by atoms with E-state index in [1.165, 1.54) is 44.2 Å². The lowest BCUT2D eigenvalue weighted by Gasteiger charge is -2.37. The molecule has 7 rings (SSSR count). The van der Waals surface area contributed by atoms with E-state index in [2.05, 4.69) is 59.5 Å². The van der Waals surface area contributed by atoms with Gasteiger partial charge >= 0.3 is 0 Å². The Hall–Kier alpha value is -3.87. The molecule has 3 fully saturated rings. The SMILES string of the molecule is c1ccc(COc2ccc(-c3ccc(N4CCC(CCC5CCC6(CC5)OCCO6)CC4)cc3)c(OCc3ccccc3)n2)cc1. The summed E-state index contributed by atoms with van der Waals surface area (Å²) < 4.78 is 24.2. The van der Waals surface area contributed by atoms with E-state index in [1.54, 1.807) is 0 Å². The maximum Gasteiger partial charge on any atom is 0.225 e. The van der Waals surface area contributed by atoms with Gasteiger partial charge in [-0.2, -0.15) is 4.98 Å². The van der Waals surface area contributed by atoms with Crippen molar-refractivity contribution in [3.8, 4) is 22.9 Å². The highest BCUT2D eigenvalue weighted by molar-refractivity contribution is 5.71. The molecule has 0 bridgehead atoms. The fraction of sp³-hybridized carbons (Fsp3) is 0.425. The van der Waals surface area contributed by atoms with Crippen molar-refractivity contribution in [2.75, 3.05) is 31.2 Å². The summed E-state index contributed by atoms with van der Waals surface area (Å²) in [5.74, 6) is 2.58. The molecule has 1 aliphatic carbocycles. The van der Waals surface area contributed by atoms with Crippen LogP contribution in [0.5, 0.6) is 11.8 Å². The van der Waals surface area contributed by atoms with Crippen LogP contribution in [0.2, 0.25) is 0 Å². The summed E-state index contributed by atoms with van der Waals surface area (Å²) in [6, 6.07) is 33.3. The average molecular weight is 619 g/mol. The maximum atomic E-state index is 6.31. The van der Waals surface area contributed by atoms with Crippen LogP contribution >= 0.6 is 0 Å². The van der Waals surface area contributed by atoms with E-state index in [0.717, 1.165) is 73.2 Å². The van der Waals surface area contributed by atoms with Gasteiger partial charge in [-0.25, -0.2) is 0 Å². The third-order valence-electron chi connectivity index (χ3n) is 10.1. The first-order chi connectivity index (χ1) is 22.7. The first kappa shape index (κ1) is 30.8. The molecule has 0 radical (unpaired) electrons. The van der Waals surface area contributed by atoms with Crippen molar-refractivity contribution >= 4 is 5.69 Å². The highest BCUT2D eigenvalue weighted by Crippen LogP contribution is 2.41. The number of benzene rings is 3. The summed E-state index contributed by atoms with van der Waals surface area (Å²) >= 11 is 0. The summed E-state index contributed by atoms with van der Waals surface area (Å²) in [5.41, 5.74) is 5.55. The summed E-state index contributed by atoms with van der Waals surface area (Å²) in [4.78, 5) is 7.35. The van der Waals surface area contributed by atoms with Gasteiger partial charge in [0.15, 0.2) is 5.79 Å². The quantitative estimate of drug-likeness (QED) is 0.167. The van der Waals surface area contributed by atoms with Crippen molar-refractivity contribution < 1.29 is 18.9 Å². The van der Waals surface area contributed by atoms with Crippen molar-refractivity contribution in [2.45, 2.75) is 70.4 Å². The lowest BCUT2D eigenvalue weighted by molar-refractivity contribution is -0.182. The zero-order chi connectivity index (χ0) is 31.0. The van der Waals surface area contributed by atoms with Crippen LogP contribution in [-0.4, -0.2) is 37.1 Å². The molecule has 2 saturated heterocycles. The van der Waals surface area contributed by atoms with Crippen molar-refractivity contribution in [1.82, 2.24) is 4.98 Å². The fourth-order valence-corrected chi connectivity index (χ4v) is 7.29. The van der Waals surface area contributed by atoms with Gasteiger partial charge in [-0.15, -0.1) is 0 Å². The predicted molar refractivity (Wildman–Crippen MR) is 182 cm³/mol. The molecule has 6 nitrogen and oxygen atoms in total. The van der Waals surface area contributed by atoms with E-state index in [9.17, 15) is 0 Å². The summed E-state index contributed by atoms with van der Waals surface area (Å²) in [7, 11) is 0. The van der Waals surface area contributed by atoms with E-state index >= 15 is 0 Å². The molecule has 6 heteroatoms. The highest BCUT2D eigenvalue weighted by Gasteiger charge is 2.40. The average Bonchev–Trinajstić information content (AvgIpc) is 3.58. The van der Waals surface area contributed by atoms with Gasteiger partial charge in [0.05, 0.1) is 13.2 Å². The molecule has 1 aromatic heterocycles. The standard InChI is InChI=1S/C40H46N2O4/c1-3-7-33(8-4-1)29-43-38-18-17-37(39(41-38)44-30-34-9-5-2-6-10-34)35-13-15-36(16-14-35)42-25-21-32(22-26-42)12-11-31-19-23-40(24-20-31)45-27-28-46-40/h1-10,13-18,31-32H,11-12,19-30H2. The minimum absolute atomic E-state index is 0.231. The molecule has 0 amide bonds. The number of rotatable bonds is 11. The molecule has 4 aromatic rings. The van der Waals surface area contributed by atoms with Gasteiger partial charge < -0.3 is 23.8 Å². The van der Waals surface area contributed by atoms with E-state index < -0.39 is 0 Å². The van der Waals surface area contributed by atoms with Crippen LogP contribution in [0.25, 0.3) is 11.1 Å². The molecule has 46 heavy (non-hydrogen) atoms. The minimum Gasteiger partial charge on any atom is -0.473 e. The Labute approximate surface area is 273 Å². The number of hydrogen-bond donors (Lipinski definition) is 0. The van der Waals surface area contributed by atoms with Crippen LogP contribution < -0.4 is 14.4 Å². The molecule has 3 heterocycles. The minimum atomic E-state index is -0.231. The molecule has 2 aliphatic heterocycles. The molecule has 0 unspecified atom stereocenters. The van der Waals surface area contributed by atoms with Crippen molar-refractivity contribution in [1.29, 1.82) is 0 Å². The Kier molecular flexibility index (Phi) is 9.83. The van der Waals surface area contributed by atoms with Crippen LogP contribution in [-0.2, 0) is 22.7 Å². The molecule has 240 valence electrons. The number of aromatic nitrogens is 1. The number of piperidine rings is 1. The fourth-order valence-electron chi connectivity index (χ4n) is 7.29. The molecule has 0 N–H and O–H groups in total. The normalized spacial score (nSPS) is 18.6. The zero-order valence-electron chi connectivity index (χ0n) is 26.8. The van der Waals surface area contributed by atoms with Crippen LogP contribution in [0.3, 0.4) is 0 Å². The van der Waals surface area contributed by atoms with E-state index in [-0.39, 0.29) is 5.79 Å². The van der Waals surface area contributed by atoms with Crippen molar-refractivity contribution in [3.05, 3.63) is 108 Å². The molecule has 1 saturated carbocycles. The third kappa shape index (κ3) is 7.73. The smallest absolute Gasteiger partial charge is 0.225 e. The second-order valence-corrected chi connectivity index (χ2v) is 13.2. The van der Waals surface area contributed by atoms with E-state index in [0.29, 0.717) is 25.0 Å². The Bertz CT molecular complexity index is 1500. The molecular weight excluding hydrogens is 572 g/mol. The number of anilines is 1. The van der Waals surface area contributed by atoms with Crippen LogP contribution in [0.4, 0.5) is 5.69 Å². The predicted octanol–water partition coefficient (Wildman–Crippen LogP) is 8.84. The molecule has 0 atom stereocenters. The Morgan fingerprint density at radius 3 is 1.87 bits per heavy atom. The van der Waals surface area contributed by atoms with Crippen LogP contribution in [0.1, 0.15) is 62.5 Å². The van der Waals surface area contributed by atoms with Crippen LogP contribution in [0, 0.1) is 11.8 Å². The number of nitrogens with zero attached hydrogens (tertiary/aromatic N) is 2. The van der Waals surface area contributed by atoms with Crippen molar-refractivity contribution in [2.24, 2.45) is 11.8 Å². The first-order valence-electron chi connectivity index (χ1n) is 17.2. The zero-order valence-corrected chi connectivity index (χ0v) is 26.8. The highest BCUT2D eigenvalue weighted by atomic mass is 16.7. The molecule has 1 spiro atoms. The van der Waals surface area contributed by atoms with E-state index in [1.807, 2.05) is 42.5 Å². The number of hydrogen-bond acceptors (Lipinski definition) is 6. The monoisotopic (exact) mass is 618 g/mol. The first-order valence-corrected chi connectivity index (χ1v) is 17.2. The Morgan fingerprint density at radius 2 is 1.24 bits per heavy atom. The largest absolute Gasteiger partial charge is 0.473 e. The van der Waals surface area contributed by atoms with Crippen LogP contribution in [0.15, 0.2) is 97.1 Å². The third-order valence-corrected chi connectivity index (χ3v) is 10.1. The molecule has 3 aliphatic rings. The van der Waals surface area contributed by atoms with Gasteiger partial charge in [-0.1, -0.05) is 85.6 Å². The Balaban J connectivity index is 0.949. The molecular formula is C40H46N2O4. The topological polar surface area (TPSA) is 53.1 Å². The van der Waals surface area contributed by atoms with Gasteiger partial charge in [0.2, 0.25) is 11.8 Å². The maximum absolute atomic E-state index is 6.31. The number of ether oxygens (including phenoxy) is 4. The lowest BCUT2D eigenvalue weighted by Crippen LogP contribution is -2.36. The second-order valence-electron chi connectivity index (χ2n) is 13.2.